The van der Waals surface area contributed by atoms with Gasteiger partial charge in [0.25, 0.3) is 0 Å². The minimum absolute atomic E-state index is 0.306. The standard InChI is InChI=1S/C9H15N8O2/c1-2-7-10-15-17(12-7)6-8-11-14-16(13-8)5-3-4-9(18)19/h3-4,14-15H,2,5-6H2,1H3,(H2-,10,11,12,13,18,19)/q-1/p-1/b4-3+. The van der Waals surface area contributed by atoms with E-state index in [-0.39, 0.29) is 0 Å². The summed E-state index contributed by atoms with van der Waals surface area (Å²) in [6, 6.07) is 0. The van der Waals surface area contributed by atoms with E-state index in [1.165, 1.54) is 16.3 Å². The number of hydrogen-bond donors (Lipinski definition) is 3. The van der Waals surface area contributed by atoms with Gasteiger partial charge in [-0.25, -0.2) is 15.9 Å². The van der Waals surface area contributed by atoms with Crippen molar-refractivity contribution in [1.82, 2.24) is 21.3 Å². The second kappa shape index (κ2) is 6.02. The Labute approximate surface area is 109 Å². The maximum Gasteiger partial charge on any atom is 0.328 e. The first-order valence-corrected chi connectivity index (χ1v) is 5.69. The van der Waals surface area contributed by atoms with Crippen LogP contribution in [0.2, 0.25) is 0 Å². The Morgan fingerprint density at radius 2 is 2.00 bits per heavy atom. The van der Waals surface area contributed by atoms with Crippen molar-refractivity contribution in [2.24, 2.45) is 10.2 Å². The Hall–Kier alpha value is -2.33. The van der Waals surface area contributed by atoms with Crippen LogP contribution in [0.5, 0.6) is 0 Å². The molecule has 0 fully saturated rings. The van der Waals surface area contributed by atoms with Crippen LogP contribution in [0.15, 0.2) is 22.4 Å². The first-order chi connectivity index (χ1) is 9.17. The molecular weight excluding hydrogens is 252 g/mol. The molecule has 0 bridgehead atoms. The Balaban J connectivity index is 1.79. The molecule has 3 N–H and O–H groups in total. The lowest BCUT2D eigenvalue weighted by atomic mass is 10.5. The van der Waals surface area contributed by atoms with Crippen molar-refractivity contribution in [3.63, 3.8) is 0 Å². The summed E-state index contributed by atoms with van der Waals surface area (Å²) in [7, 11) is 0. The maximum atomic E-state index is 10.3. The number of nitrogens with one attached hydrogen (secondary N) is 2. The van der Waals surface area contributed by atoms with Crippen molar-refractivity contribution in [2.45, 2.75) is 13.3 Å². The van der Waals surface area contributed by atoms with Gasteiger partial charge in [-0.1, -0.05) is 18.8 Å². The van der Waals surface area contributed by atoms with Crippen LogP contribution in [0, 0.1) is 0 Å². The van der Waals surface area contributed by atoms with Crippen LogP contribution in [-0.2, 0) is 4.79 Å². The lowest BCUT2D eigenvalue weighted by Crippen LogP contribution is -2.30. The fourth-order valence-electron chi connectivity index (χ4n) is 1.36. The van der Waals surface area contributed by atoms with E-state index in [9.17, 15) is 4.79 Å². The number of hydrogen-bond acceptors (Lipinski definition) is 7. The van der Waals surface area contributed by atoms with E-state index < -0.39 is 5.97 Å². The summed E-state index contributed by atoms with van der Waals surface area (Å²) in [4.78, 5) is 10.3. The largest absolute Gasteiger partial charge is 0.478 e. The van der Waals surface area contributed by atoms with Crippen LogP contribution in [-0.4, -0.2) is 46.1 Å². The molecule has 0 unspecified atom stereocenters. The molecule has 0 radical (unpaired) electrons. The third kappa shape index (κ3) is 3.82. The molecule has 0 aromatic heterocycles. The first-order valence-electron chi connectivity index (χ1n) is 5.69. The van der Waals surface area contributed by atoms with Gasteiger partial charge in [-0.15, -0.1) is 0 Å². The Kier molecular flexibility index (Phi) is 4.15. The number of hydrazine groups is 2. The number of carboxylic acid groups (broad SMARTS) is 1. The summed E-state index contributed by atoms with van der Waals surface area (Å²) in [5, 5.41) is 19.7. The topological polar surface area (TPSA) is 121 Å². The van der Waals surface area contributed by atoms with E-state index in [2.05, 4.69) is 32.1 Å². The molecule has 2 aliphatic rings. The van der Waals surface area contributed by atoms with E-state index >= 15 is 0 Å². The number of hydrazone groups is 2. The minimum atomic E-state index is -0.996. The molecule has 0 aromatic carbocycles. The first kappa shape index (κ1) is 13.1. The zero-order valence-corrected chi connectivity index (χ0v) is 10.3. The fraction of sp³-hybridized carbons (Fsp3) is 0.444. The second-order valence-corrected chi connectivity index (χ2v) is 3.69. The van der Waals surface area contributed by atoms with Gasteiger partial charge in [-0.2, -0.15) is 0 Å². The zero-order valence-electron chi connectivity index (χ0n) is 10.3. The highest BCUT2D eigenvalue weighted by Crippen LogP contribution is 2.09. The number of carbonyl (C=O) groups is 1. The summed E-state index contributed by atoms with van der Waals surface area (Å²) in [5.41, 5.74) is 13.4. The van der Waals surface area contributed by atoms with Gasteiger partial charge in [0.1, 0.15) is 0 Å². The molecule has 2 aliphatic heterocycles. The predicted octanol–water partition coefficient (Wildman–Crippen LogP) is -0.118. The van der Waals surface area contributed by atoms with Gasteiger partial charge in [-0.05, 0) is 12.3 Å². The summed E-state index contributed by atoms with van der Waals surface area (Å²) in [6.07, 6.45) is 3.26. The third-order valence-corrected chi connectivity index (χ3v) is 2.21. The number of rotatable bonds is 6. The van der Waals surface area contributed by atoms with Crippen LogP contribution in [0.3, 0.4) is 0 Å². The predicted molar refractivity (Wildman–Crippen MR) is 68.3 cm³/mol. The molecule has 2 rings (SSSR count). The van der Waals surface area contributed by atoms with Crippen LogP contribution in [0.1, 0.15) is 13.3 Å². The van der Waals surface area contributed by atoms with Gasteiger partial charge in [0.05, 0.1) is 13.1 Å². The third-order valence-electron chi connectivity index (χ3n) is 2.21. The number of aliphatic carboxylic acids is 1. The van der Waals surface area contributed by atoms with Crippen molar-refractivity contribution in [3.8, 4) is 0 Å². The lowest BCUT2D eigenvalue weighted by Gasteiger charge is -2.23. The fourth-order valence-corrected chi connectivity index (χ4v) is 1.36. The van der Waals surface area contributed by atoms with Crippen molar-refractivity contribution < 1.29 is 9.90 Å². The molecule has 0 spiro atoms. The smallest absolute Gasteiger partial charge is 0.328 e. The second-order valence-electron chi connectivity index (χ2n) is 3.69. The monoisotopic (exact) mass is 266 g/mol. The van der Waals surface area contributed by atoms with Crippen molar-refractivity contribution in [2.75, 3.05) is 13.1 Å². The maximum absolute atomic E-state index is 10.3. The minimum Gasteiger partial charge on any atom is -0.478 e. The van der Waals surface area contributed by atoms with Gasteiger partial charge in [0, 0.05) is 6.08 Å². The van der Waals surface area contributed by atoms with Crippen molar-refractivity contribution in [1.29, 1.82) is 0 Å². The molecule has 10 nitrogen and oxygen atoms in total. The SMILES string of the molecule is CCC1=NN(CC2=NN(C/C=C/C(=O)O)N[N-]2)N[N-]1. The van der Waals surface area contributed by atoms with Gasteiger partial charge in [0.15, 0.2) is 0 Å². The average Bonchev–Trinajstić information content (AvgIpc) is 2.99. The molecule has 0 aromatic rings. The molecule has 0 atom stereocenters. The Bertz CT molecular complexity index is 432. The van der Waals surface area contributed by atoms with Gasteiger partial charge < -0.3 is 36.4 Å². The van der Waals surface area contributed by atoms with Crippen LogP contribution in [0.25, 0.3) is 10.9 Å². The summed E-state index contributed by atoms with van der Waals surface area (Å²) in [5.74, 6) is 0.241. The summed E-state index contributed by atoms with van der Waals surface area (Å²) < 4.78 is 0. The molecule has 0 saturated heterocycles. The highest BCUT2D eigenvalue weighted by Gasteiger charge is 2.05. The molecule has 19 heavy (non-hydrogen) atoms. The summed E-state index contributed by atoms with van der Waals surface area (Å²) >= 11 is 0. The van der Waals surface area contributed by atoms with E-state index in [0.29, 0.717) is 24.8 Å². The highest BCUT2D eigenvalue weighted by molar-refractivity contribution is 5.97. The van der Waals surface area contributed by atoms with E-state index in [1.54, 1.807) is 0 Å². The van der Waals surface area contributed by atoms with E-state index in [4.69, 9.17) is 5.11 Å². The quantitative estimate of drug-likeness (QED) is 0.576. The summed E-state index contributed by atoms with van der Waals surface area (Å²) in [6.45, 7) is 2.63. The van der Waals surface area contributed by atoms with Crippen molar-refractivity contribution in [3.05, 3.63) is 23.0 Å². The Morgan fingerprint density at radius 3 is 2.68 bits per heavy atom. The number of amidine groups is 2. The average molecular weight is 266 g/mol. The molecule has 0 aliphatic carbocycles. The lowest BCUT2D eigenvalue weighted by molar-refractivity contribution is -0.131. The number of nitrogens with zero attached hydrogens (tertiary/aromatic N) is 6. The van der Waals surface area contributed by atoms with Gasteiger partial charge in [0.2, 0.25) is 0 Å². The van der Waals surface area contributed by atoms with Crippen LogP contribution < -0.4 is 11.1 Å². The van der Waals surface area contributed by atoms with E-state index in [1.807, 2.05) is 6.92 Å². The molecule has 0 saturated carbocycles. The molecular formula is C9H14N8O2-2. The Morgan fingerprint density at radius 1 is 1.32 bits per heavy atom. The molecule has 0 amide bonds. The van der Waals surface area contributed by atoms with E-state index in [0.717, 1.165) is 12.5 Å². The molecule has 10 heteroatoms. The highest BCUT2D eigenvalue weighted by atomic mass is 16.4. The van der Waals surface area contributed by atoms with Crippen LogP contribution in [0.4, 0.5) is 0 Å². The normalized spacial score (nSPS) is 18.4. The van der Waals surface area contributed by atoms with Gasteiger partial charge >= 0.3 is 5.97 Å². The molecule has 2 heterocycles. The zero-order chi connectivity index (χ0) is 13.7. The van der Waals surface area contributed by atoms with Gasteiger partial charge in [-0.3, -0.25) is 0 Å². The van der Waals surface area contributed by atoms with Crippen LogP contribution >= 0.6 is 0 Å². The van der Waals surface area contributed by atoms with Crippen molar-refractivity contribution >= 4 is 17.6 Å². The number of carboxylic acids is 1. The molecule has 104 valence electrons.